The van der Waals surface area contributed by atoms with E-state index < -0.39 is 5.82 Å². The van der Waals surface area contributed by atoms with Gasteiger partial charge in [-0.25, -0.2) is 9.37 Å². The number of carbonyl (C=O) groups is 2. The fourth-order valence-electron chi connectivity index (χ4n) is 4.23. The van der Waals surface area contributed by atoms with Crippen LogP contribution in [0.4, 0.5) is 4.39 Å². The Bertz CT molecular complexity index is 712. The van der Waals surface area contributed by atoms with E-state index in [9.17, 15) is 14.0 Å². The molecule has 0 radical (unpaired) electrons. The highest BCUT2D eigenvalue weighted by Crippen LogP contribution is 2.36. The molecule has 2 unspecified atom stereocenters. The zero-order valence-corrected chi connectivity index (χ0v) is 16.8. The predicted molar refractivity (Wildman–Crippen MR) is 102 cm³/mol. The normalized spacial score (nSPS) is 25.5. The maximum absolute atomic E-state index is 13.1. The van der Waals surface area contributed by atoms with Crippen LogP contribution in [-0.2, 0) is 9.53 Å². The lowest BCUT2D eigenvalue weighted by atomic mass is 9.82. The Morgan fingerprint density at radius 3 is 2.86 bits per heavy atom. The van der Waals surface area contributed by atoms with E-state index in [1.54, 1.807) is 0 Å². The molecule has 0 bridgehead atoms. The second kappa shape index (κ2) is 8.53. The van der Waals surface area contributed by atoms with Crippen LogP contribution in [0.2, 0.25) is 0 Å². The molecule has 2 fully saturated rings. The molecule has 3 heterocycles. The van der Waals surface area contributed by atoms with E-state index in [1.807, 2.05) is 25.8 Å². The standard InChI is InChI=1S/C20H29FN4O3/c1-14(2)28-12-18(26)25-9-4-8-20(13-25)17(7-10-24(20)3)23-19(27)16-6-5-15(21)11-22-16/h5-6,11,14,17H,4,7-10,12-13H2,1-3H3,(H,23,27). The molecule has 2 amide bonds. The van der Waals surface area contributed by atoms with Gasteiger partial charge in [0.05, 0.1) is 23.9 Å². The van der Waals surface area contributed by atoms with Gasteiger partial charge in [-0.3, -0.25) is 14.5 Å². The van der Waals surface area contributed by atoms with Crippen LogP contribution in [0.3, 0.4) is 0 Å². The van der Waals surface area contributed by atoms with Crippen molar-refractivity contribution in [2.45, 2.75) is 50.8 Å². The first-order valence-electron chi connectivity index (χ1n) is 9.85. The van der Waals surface area contributed by atoms with E-state index >= 15 is 0 Å². The molecule has 0 aliphatic carbocycles. The summed E-state index contributed by atoms with van der Waals surface area (Å²) in [7, 11) is 2.04. The van der Waals surface area contributed by atoms with Crippen LogP contribution in [0.5, 0.6) is 0 Å². The Morgan fingerprint density at radius 2 is 2.18 bits per heavy atom. The van der Waals surface area contributed by atoms with Crippen molar-refractivity contribution in [1.82, 2.24) is 20.1 Å². The van der Waals surface area contributed by atoms with E-state index in [0.29, 0.717) is 13.1 Å². The topological polar surface area (TPSA) is 74.8 Å². The number of rotatable bonds is 5. The summed E-state index contributed by atoms with van der Waals surface area (Å²) in [6.07, 6.45) is 3.63. The van der Waals surface area contributed by atoms with Crippen LogP contribution in [0.15, 0.2) is 18.3 Å². The number of likely N-dealkylation sites (tertiary alicyclic amines) is 2. The first-order valence-corrected chi connectivity index (χ1v) is 9.85. The minimum absolute atomic E-state index is 0.00657. The molecule has 7 nitrogen and oxygen atoms in total. The zero-order chi connectivity index (χ0) is 20.3. The smallest absolute Gasteiger partial charge is 0.270 e. The maximum atomic E-state index is 13.1. The average Bonchev–Trinajstić information content (AvgIpc) is 2.95. The van der Waals surface area contributed by atoms with Gasteiger partial charge in [0, 0.05) is 19.6 Å². The molecular formula is C20H29FN4O3. The summed E-state index contributed by atoms with van der Waals surface area (Å²) < 4.78 is 18.6. The van der Waals surface area contributed by atoms with Crippen LogP contribution in [0, 0.1) is 5.82 Å². The van der Waals surface area contributed by atoms with E-state index in [2.05, 4.69) is 15.2 Å². The fraction of sp³-hybridized carbons (Fsp3) is 0.650. The molecule has 0 saturated carbocycles. The Hall–Kier alpha value is -2.06. The number of hydrogen-bond donors (Lipinski definition) is 1. The van der Waals surface area contributed by atoms with Crippen molar-refractivity contribution in [2.24, 2.45) is 0 Å². The number of pyridine rings is 1. The summed E-state index contributed by atoms with van der Waals surface area (Å²) in [5.41, 5.74) is -0.110. The summed E-state index contributed by atoms with van der Waals surface area (Å²) in [6.45, 7) is 6.00. The molecule has 0 aromatic carbocycles. The minimum Gasteiger partial charge on any atom is -0.369 e. The van der Waals surface area contributed by atoms with Gasteiger partial charge in [0.2, 0.25) is 5.91 Å². The summed E-state index contributed by atoms with van der Waals surface area (Å²) in [4.78, 5) is 33.2. The van der Waals surface area contributed by atoms with Gasteiger partial charge in [0.15, 0.2) is 0 Å². The summed E-state index contributed by atoms with van der Waals surface area (Å²) in [6, 6.07) is 2.52. The van der Waals surface area contributed by atoms with Gasteiger partial charge >= 0.3 is 0 Å². The second-order valence-corrected chi connectivity index (χ2v) is 7.98. The third kappa shape index (κ3) is 4.33. The van der Waals surface area contributed by atoms with Crippen LogP contribution in [-0.4, -0.2) is 77.6 Å². The average molecular weight is 392 g/mol. The molecule has 8 heteroatoms. The lowest BCUT2D eigenvalue weighted by Gasteiger charge is -2.47. The van der Waals surface area contributed by atoms with Crippen LogP contribution < -0.4 is 5.32 Å². The molecule has 2 aliphatic rings. The van der Waals surface area contributed by atoms with Gasteiger partial charge < -0.3 is 15.0 Å². The van der Waals surface area contributed by atoms with Crippen LogP contribution >= 0.6 is 0 Å². The predicted octanol–water partition coefficient (Wildman–Crippen LogP) is 1.44. The number of hydrogen-bond acceptors (Lipinski definition) is 5. The largest absolute Gasteiger partial charge is 0.369 e. The van der Waals surface area contributed by atoms with Crippen molar-refractivity contribution in [2.75, 3.05) is 33.3 Å². The van der Waals surface area contributed by atoms with Crippen molar-refractivity contribution in [3.05, 3.63) is 29.8 Å². The number of piperidine rings is 1. The van der Waals surface area contributed by atoms with Crippen LogP contribution in [0.1, 0.15) is 43.6 Å². The molecule has 3 rings (SSSR count). The van der Waals surface area contributed by atoms with Crippen molar-refractivity contribution in [3.63, 3.8) is 0 Å². The number of amides is 2. The lowest BCUT2D eigenvalue weighted by molar-refractivity contribution is -0.141. The second-order valence-electron chi connectivity index (χ2n) is 7.98. The van der Waals surface area contributed by atoms with Gasteiger partial charge in [-0.05, 0) is 52.3 Å². The number of halogens is 1. The molecule has 1 spiro atoms. The number of aromatic nitrogens is 1. The van der Waals surface area contributed by atoms with E-state index in [4.69, 9.17) is 4.74 Å². The monoisotopic (exact) mass is 392 g/mol. The number of likely N-dealkylation sites (N-methyl/N-ethyl adjacent to an activating group) is 1. The van der Waals surface area contributed by atoms with Gasteiger partial charge in [-0.15, -0.1) is 0 Å². The number of ether oxygens (including phenoxy) is 1. The van der Waals surface area contributed by atoms with Crippen molar-refractivity contribution < 1.29 is 18.7 Å². The molecule has 1 aromatic rings. The lowest BCUT2D eigenvalue weighted by Crippen LogP contribution is -2.64. The molecule has 28 heavy (non-hydrogen) atoms. The highest BCUT2D eigenvalue weighted by molar-refractivity contribution is 5.92. The number of nitrogens with one attached hydrogen (secondary N) is 1. The molecule has 2 atom stereocenters. The molecular weight excluding hydrogens is 363 g/mol. The Labute approximate surface area is 165 Å². The van der Waals surface area contributed by atoms with Gasteiger partial charge in [-0.2, -0.15) is 0 Å². The first kappa shape index (κ1) is 20.7. The Balaban J connectivity index is 1.71. The van der Waals surface area contributed by atoms with Gasteiger partial charge in [0.25, 0.3) is 5.91 Å². The zero-order valence-electron chi connectivity index (χ0n) is 16.8. The molecule has 2 aliphatic heterocycles. The molecule has 1 aromatic heterocycles. The van der Waals surface area contributed by atoms with Crippen molar-refractivity contribution >= 4 is 11.8 Å². The first-order chi connectivity index (χ1) is 13.3. The summed E-state index contributed by atoms with van der Waals surface area (Å²) in [5.74, 6) is -0.803. The third-order valence-electron chi connectivity index (χ3n) is 5.82. The van der Waals surface area contributed by atoms with E-state index in [1.165, 1.54) is 12.1 Å². The van der Waals surface area contributed by atoms with Gasteiger partial charge in [0.1, 0.15) is 18.1 Å². The van der Waals surface area contributed by atoms with E-state index in [-0.39, 0.29) is 41.8 Å². The fourth-order valence-corrected chi connectivity index (χ4v) is 4.23. The highest BCUT2D eigenvalue weighted by atomic mass is 19.1. The van der Waals surface area contributed by atoms with Gasteiger partial charge in [-0.1, -0.05) is 0 Å². The summed E-state index contributed by atoms with van der Waals surface area (Å²) >= 11 is 0. The molecule has 1 N–H and O–H groups in total. The summed E-state index contributed by atoms with van der Waals surface area (Å²) in [5, 5.41) is 3.08. The SMILES string of the molecule is CC(C)OCC(=O)N1CCCC2(C1)C(NC(=O)c1ccc(F)cn1)CCN2C. The molecule has 154 valence electrons. The minimum atomic E-state index is -0.473. The van der Waals surface area contributed by atoms with Crippen molar-refractivity contribution in [3.8, 4) is 0 Å². The van der Waals surface area contributed by atoms with Crippen molar-refractivity contribution in [1.29, 1.82) is 0 Å². The number of nitrogens with zero attached hydrogens (tertiary/aromatic N) is 3. The third-order valence-corrected chi connectivity index (χ3v) is 5.82. The highest BCUT2D eigenvalue weighted by Gasteiger charge is 2.50. The maximum Gasteiger partial charge on any atom is 0.270 e. The Kier molecular flexibility index (Phi) is 6.30. The Morgan fingerprint density at radius 1 is 1.39 bits per heavy atom. The van der Waals surface area contributed by atoms with E-state index in [0.717, 1.165) is 32.0 Å². The number of carbonyl (C=O) groups excluding carboxylic acids is 2. The quantitative estimate of drug-likeness (QED) is 0.821. The molecule has 2 saturated heterocycles. The van der Waals surface area contributed by atoms with Crippen LogP contribution in [0.25, 0.3) is 0 Å².